The molecule has 1 aromatic heterocycles. The highest BCUT2D eigenvalue weighted by Gasteiger charge is 2.06. The molecule has 6 heteroatoms. The molecule has 3 aromatic rings. The third-order valence-electron chi connectivity index (χ3n) is 3.28. The third-order valence-corrected chi connectivity index (χ3v) is 3.65. The predicted octanol–water partition coefficient (Wildman–Crippen LogP) is 2.26. The molecular weight excluding hydrogens is 302 g/mol. The molecule has 0 radical (unpaired) electrons. The fourth-order valence-electron chi connectivity index (χ4n) is 2.15. The van der Waals surface area contributed by atoms with Gasteiger partial charge in [0.25, 0.3) is 0 Å². The second kappa shape index (κ2) is 5.99. The van der Waals surface area contributed by atoms with Crippen molar-refractivity contribution in [3.05, 3.63) is 64.9 Å². The summed E-state index contributed by atoms with van der Waals surface area (Å²) in [5, 5.41) is 15.5. The number of nitrogens with one attached hydrogen (secondary N) is 1. The number of rotatable bonds is 4. The van der Waals surface area contributed by atoms with Crippen LogP contribution >= 0.6 is 11.6 Å². The number of hydrogen-bond donors (Lipinski definition) is 1. The second-order valence-electron chi connectivity index (χ2n) is 4.69. The highest BCUT2D eigenvalue weighted by molar-refractivity contribution is 6.31. The van der Waals surface area contributed by atoms with Crippen molar-refractivity contribution in [1.29, 1.82) is 0 Å². The molecule has 1 N–H and O–H groups in total. The van der Waals surface area contributed by atoms with E-state index in [4.69, 9.17) is 11.6 Å². The summed E-state index contributed by atoms with van der Waals surface area (Å²) in [6, 6.07) is 12.1. The minimum absolute atomic E-state index is 0.0863. The van der Waals surface area contributed by atoms with Crippen molar-refractivity contribution in [1.82, 2.24) is 9.97 Å². The van der Waals surface area contributed by atoms with E-state index in [9.17, 15) is 9.90 Å². The molecule has 0 fully saturated rings. The molecule has 110 valence electrons. The predicted molar refractivity (Wildman–Crippen MR) is 82.6 cm³/mol. The van der Waals surface area contributed by atoms with Crippen molar-refractivity contribution in [2.45, 2.75) is 6.54 Å². The first-order chi connectivity index (χ1) is 10.6. The first-order valence-electron chi connectivity index (χ1n) is 6.58. The fourth-order valence-corrected chi connectivity index (χ4v) is 2.35. The van der Waals surface area contributed by atoms with Crippen molar-refractivity contribution in [3.8, 4) is 0 Å². The van der Waals surface area contributed by atoms with Crippen LogP contribution in [0, 0.1) is 0 Å². The summed E-state index contributed by atoms with van der Waals surface area (Å²) < 4.78 is 0. The number of carboxylic acid groups (broad SMARTS) is 1. The summed E-state index contributed by atoms with van der Waals surface area (Å²) in [6.45, 7) is 0.508. The number of hydrogen-bond acceptors (Lipinski definition) is 5. The topological polar surface area (TPSA) is 77.9 Å². The maximum absolute atomic E-state index is 10.9. The number of carboxylic acids is 1. The monoisotopic (exact) mass is 312 g/mol. The van der Waals surface area contributed by atoms with Crippen LogP contribution < -0.4 is 10.4 Å². The number of halogens is 1. The molecule has 0 spiro atoms. The van der Waals surface area contributed by atoms with E-state index in [1.54, 1.807) is 6.07 Å². The molecule has 0 atom stereocenters. The summed E-state index contributed by atoms with van der Waals surface area (Å²) in [5.41, 5.74) is 1.57. The van der Waals surface area contributed by atoms with Crippen LogP contribution in [0.25, 0.3) is 10.9 Å². The van der Waals surface area contributed by atoms with E-state index in [1.165, 1.54) is 18.5 Å². The zero-order chi connectivity index (χ0) is 15.5. The maximum Gasteiger partial charge on any atom is 0.137 e. The SMILES string of the molecule is O=C([O-])c1ccc2c(NCc3ccccc3Cl)ncnc2c1. The van der Waals surface area contributed by atoms with Gasteiger partial charge in [0.2, 0.25) is 0 Å². The molecule has 0 unspecified atom stereocenters. The number of fused-ring (bicyclic) bond motifs is 1. The van der Waals surface area contributed by atoms with Crippen LogP contribution in [-0.2, 0) is 6.54 Å². The van der Waals surface area contributed by atoms with Crippen LogP contribution in [-0.4, -0.2) is 15.9 Å². The number of carbonyl (C=O) groups is 1. The Labute approximate surface area is 131 Å². The van der Waals surface area contributed by atoms with E-state index in [0.717, 1.165) is 10.9 Å². The Morgan fingerprint density at radius 3 is 2.77 bits per heavy atom. The van der Waals surface area contributed by atoms with Crippen molar-refractivity contribution < 1.29 is 9.90 Å². The average Bonchev–Trinajstić information content (AvgIpc) is 2.53. The Morgan fingerprint density at radius 1 is 1.18 bits per heavy atom. The van der Waals surface area contributed by atoms with Gasteiger partial charge in [-0.25, -0.2) is 9.97 Å². The van der Waals surface area contributed by atoms with Gasteiger partial charge in [-0.15, -0.1) is 0 Å². The molecular formula is C16H11ClN3O2-. The van der Waals surface area contributed by atoms with Gasteiger partial charge in [0.15, 0.2) is 0 Å². The highest BCUT2D eigenvalue weighted by Crippen LogP contribution is 2.22. The molecule has 5 nitrogen and oxygen atoms in total. The standard InChI is InChI=1S/C16H12ClN3O2/c17-13-4-2-1-3-11(13)8-18-15-12-6-5-10(16(21)22)7-14(12)19-9-20-15/h1-7,9H,8H2,(H,21,22)(H,18,19,20)/p-1. The quantitative estimate of drug-likeness (QED) is 0.799. The second-order valence-corrected chi connectivity index (χ2v) is 5.09. The Kier molecular flexibility index (Phi) is 3.89. The van der Waals surface area contributed by atoms with Crippen molar-refractivity contribution in [2.75, 3.05) is 5.32 Å². The lowest BCUT2D eigenvalue weighted by Gasteiger charge is -2.10. The molecule has 0 aliphatic carbocycles. The molecule has 0 amide bonds. The lowest BCUT2D eigenvalue weighted by molar-refractivity contribution is -0.255. The fraction of sp³-hybridized carbons (Fsp3) is 0.0625. The first-order valence-corrected chi connectivity index (χ1v) is 6.96. The van der Waals surface area contributed by atoms with Crippen molar-refractivity contribution >= 4 is 34.3 Å². The lowest BCUT2D eigenvalue weighted by atomic mass is 10.1. The number of nitrogens with zero attached hydrogens (tertiary/aromatic N) is 2. The number of aromatic carboxylic acids is 1. The van der Waals surface area contributed by atoms with Crippen molar-refractivity contribution in [2.24, 2.45) is 0 Å². The molecule has 2 aromatic carbocycles. The molecule has 0 aliphatic heterocycles. The molecule has 0 saturated heterocycles. The van der Waals surface area contributed by atoms with E-state index >= 15 is 0 Å². The van der Waals surface area contributed by atoms with Crippen LogP contribution in [0.2, 0.25) is 5.02 Å². The summed E-state index contributed by atoms with van der Waals surface area (Å²) in [6.07, 6.45) is 1.39. The van der Waals surface area contributed by atoms with E-state index < -0.39 is 5.97 Å². The lowest BCUT2D eigenvalue weighted by Crippen LogP contribution is -2.22. The van der Waals surface area contributed by atoms with Gasteiger partial charge in [-0.3, -0.25) is 0 Å². The molecule has 0 bridgehead atoms. The summed E-state index contributed by atoms with van der Waals surface area (Å²) >= 11 is 6.12. The van der Waals surface area contributed by atoms with Gasteiger partial charge >= 0.3 is 0 Å². The van der Waals surface area contributed by atoms with Crippen LogP contribution in [0.1, 0.15) is 15.9 Å². The molecule has 0 aliphatic rings. The minimum atomic E-state index is -1.23. The molecule has 3 rings (SSSR count). The molecule has 1 heterocycles. The smallest absolute Gasteiger partial charge is 0.137 e. The van der Waals surface area contributed by atoms with Crippen LogP contribution in [0.3, 0.4) is 0 Å². The highest BCUT2D eigenvalue weighted by atomic mass is 35.5. The number of anilines is 1. The van der Waals surface area contributed by atoms with Gasteiger partial charge in [-0.05, 0) is 29.3 Å². The van der Waals surface area contributed by atoms with Crippen LogP contribution in [0.15, 0.2) is 48.8 Å². The van der Waals surface area contributed by atoms with Gasteiger partial charge in [-0.1, -0.05) is 35.9 Å². The number of aromatic nitrogens is 2. The van der Waals surface area contributed by atoms with Crippen LogP contribution in [0.4, 0.5) is 5.82 Å². The largest absolute Gasteiger partial charge is 0.545 e. The van der Waals surface area contributed by atoms with Gasteiger partial charge in [-0.2, -0.15) is 0 Å². The maximum atomic E-state index is 10.9. The zero-order valence-electron chi connectivity index (χ0n) is 11.4. The number of benzene rings is 2. The Bertz CT molecular complexity index is 852. The van der Waals surface area contributed by atoms with Crippen molar-refractivity contribution in [3.63, 3.8) is 0 Å². The van der Waals surface area contributed by atoms with Gasteiger partial charge < -0.3 is 15.2 Å². The van der Waals surface area contributed by atoms with E-state index in [1.807, 2.05) is 24.3 Å². The van der Waals surface area contributed by atoms with Gasteiger partial charge in [0, 0.05) is 17.0 Å². The molecule has 22 heavy (non-hydrogen) atoms. The van der Waals surface area contributed by atoms with E-state index in [0.29, 0.717) is 22.9 Å². The normalized spacial score (nSPS) is 10.6. The zero-order valence-corrected chi connectivity index (χ0v) is 12.2. The van der Waals surface area contributed by atoms with Gasteiger partial charge in [0.05, 0.1) is 11.5 Å². The Morgan fingerprint density at radius 2 is 2.00 bits per heavy atom. The summed E-state index contributed by atoms with van der Waals surface area (Å²) in [7, 11) is 0. The van der Waals surface area contributed by atoms with Gasteiger partial charge in [0.1, 0.15) is 12.1 Å². The summed E-state index contributed by atoms with van der Waals surface area (Å²) in [5.74, 6) is -0.610. The van der Waals surface area contributed by atoms with E-state index in [-0.39, 0.29) is 5.56 Å². The van der Waals surface area contributed by atoms with E-state index in [2.05, 4.69) is 15.3 Å². The third kappa shape index (κ3) is 2.84. The summed E-state index contributed by atoms with van der Waals surface area (Å²) in [4.78, 5) is 19.2. The van der Waals surface area contributed by atoms with Crippen LogP contribution in [0.5, 0.6) is 0 Å². The Hall–Kier alpha value is -2.66. The first kappa shape index (κ1) is 14.3. The Balaban J connectivity index is 1.91. The minimum Gasteiger partial charge on any atom is -0.545 e. The average molecular weight is 313 g/mol. The number of carbonyl (C=O) groups excluding carboxylic acids is 1. The molecule has 0 saturated carbocycles.